The number of carbonyl (C=O) groups is 2. The first-order chi connectivity index (χ1) is 26.8. The van der Waals surface area contributed by atoms with Gasteiger partial charge in [-0.1, -0.05) is 141 Å². The molecule has 0 spiro atoms. The molecule has 0 aromatic carbocycles. The molecular formula is C45H82O10. The van der Waals surface area contributed by atoms with E-state index in [4.69, 9.17) is 18.9 Å². The SMILES string of the molecule is CCCCCCCC/C=C\CCCCCCCC(=O)OC[C@H](CO[C@H]1O[C@H](CO)[C@@H](O)[C@H](O)[C@H]1O)OC(=O)CCCCCCC/C=C\CCCCCCCC. The van der Waals surface area contributed by atoms with Crippen LogP contribution in [0.1, 0.15) is 194 Å². The Hall–Kier alpha value is -1.82. The lowest BCUT2D eigenvalue weighted by Gasteiger charge is -2.39. The lowest BCUT2D eigenvalue weighted by Crippen LogP contribution is -2.59. The standard InChI is InChI=1S/C45H82O10/c1-3-5-7-9-11-13-15-17-19-21-23-25-27-29-31-33-40(47)52-36-38(37-53-45-44(51)43(50)42(49)39(35-46)55-45)54-41(48)34-32-30-28-26-24-22-20-18-16-14-12-10-8-6-4-2/h17-20,38-39,42-46,49-51H,3-16,21-37H2,1-2H3/b19-17-,20-18-/t38-,39-,42-,43+,44-,45+/m1/s1. The number of aliphatic hydroxyl groups is 4. The van der Waals surface area contributed by atoms with Crippen LogP contribution in [0.3, 0.4) is 0 Å². The summed E-state index contributed by atoms with van der Waals surface area (Å²) in [6.07, 6.45) is 31.8. The first-order valence-electron chi connectivity index (χ1n) is 22.4. The van der Waals surface area contributed by atoms with Crippen LogP contribution >= 0.6 is 0 Å². The molecule has 0 amide bonds. The summed E-state index contributed by atoms with van der Waals surface area (Å²) < 4.78 is 22.1. The van der Waals surface area contributed by atoms with Crippen LogP contribution < -0.4 is 0 Å². The van der Waals surface area contributed by atoms with Crippen LogP contribution in [-0.4, -0.2) is 89.0 Å². The van der Waals surface area contributed by atoms with Gasteiger partial charge in [0, 0.05) is 12.8 Å². The average Bonchev–Trinajstić information content (AvgIpc) is 3.18. The van der Waals surface area contributed by atoms with Gasteiger partial charge in [0.1, 0.15) is 31.0 Å². The number of esters is 2. The third kappa shape index (κ3) is 28.3. The first-order valence-corrected chi connectivity index (χ1v) is 22.4. The molecule has 0 aromatic rings. The highest BCUT2D eigenvalue weighted by Crippen LogP contribution is 2.22. The fraction of sp³-hybridized carbons (Fsp3) is 0.867. The van der Waals surface area contributed by atoms with Crippen molar-refractivity contribution in [3.63, 3.8) is 0 Å². The van der Waals surface area contributed by atoms with Crippen LogP contribution in [0.15, 0.2) is 24.3 Å². The van der Waals surface area contributed by atoms with E-state index in [0.29, 0.717) is 12.8 Å². The molecule has 0 aromatic heterocycles. The molecule has 0 bridgehead atoms. The summed E-state index contributed by atoms with van der Waals surface area (Å²) in [6.45, 7) is 3.40. The third-order valence-corrected chi connectivity index (χ3v) is 10.3. The molecule has 1 rings (SSSR count). The number of rotatable bonds is 37. The van der Waals surface area contributed by atoms with E-state index in [1.807, 2.05) is 0 Å². The monoisotopic (exact) mass is 783 g/mol. The van der Waals surface area contributed by atoms with Gasteiger partial charge in [-0.15, -0.1) is 0 Å². The minimum atomic E-state index is -1.60. The summed E-state index contributed by atoms with van der Waals surface area (Å²) in [4.78, 5) is 25.3. The lowest BCUT2D eigenvalue weighted by atomic mass is 9.99. The summed E-state index contributed by atoms with van der Waals surface area (Å²) >= 11 is 0. The Labute approximate surface area is 334 Å². The number of hydrogen-bond donors (Lipinski definition) is 4. The Kier molecular flexibility index (Phi) is 34.0. The molecule has 322 valence electrons. The summed E-state index contributed by atoms with van der Waals surface area (Å²) in [6, 6.07) is 0. The quantitative estimate of drug-likeness (QED) is 0.0273. The Morgan fingerprint density at radius 2 is 0.964 bits per heavy atom. The molecule has 1 saturated heterocycles. The van der Waals surface area contributed by atoms with E-state index in [1.165, 1.54) is 89.9 Å². The fourth-order valence-corrected chi connectivity index (χ4v) is 6.71. The van der Waals surface area contributed by atoms with E-state index in [0.717, 1.165) is 64.2 Å². The highest BCUT2D eigenvalue weighted by molar-refractivity contribution is 5.70. The fourth-order valence-electron chi connectivity index (χ4n) is 6.71. The minimum absolute atomic E-state index is 0.220. The number of ether oxygens (including phenoxy) is 4. The van der Waals surface area contributed by atoms with Gasteiger partial charge in [-0.2, -0.15) is 0 Å². The zero-order valence-electron chi connectivity index (χ0n) is 34.9. The van der Waals surface area contributed by atoms with Crippen LogP contribution in [0.25, 0.3) is 0 Å². The van der Waals surface area contributed by atoms with E-state index >= 15 is 0 Å². The summed E-state index contributed by atoms with van der Waals surface area (Å²) in [5, 5.41) is 40.0. The predicted molar refractivity (Wildman–Crippen MR) is 219 cm³/mol. The van der Waals surface area contributed by atoms with Gasteiger partial charge in [0.25, 0.3) is 0 Å². The molecule has 55 heavy (non-hydrogen) atoms. The largest absolute Gasteiger partial charge is 0.462 e. The topological polar surface area (TPSA) is 152 Å². The van der Waals surface area contributed by atoms with Gasteiger partial charge in [0.15, 0.2) is 12.4 Å². The lowest BCUT2D eigenvalue weighted by molar-refractivity contribution is -0.305. The smallest absolute Gasteiger partial charge is 0.306 e. The maximum absolute atomic E-state index is 12.8. The molecule has 1 fully saturated rings. The van der Waals surface area contributed by atoms with Gasteiger partial charge in [0.2, 0.25) is 0 Å². The molecule has 0 aliphatic carbocycles. The molecular weight excluding hydrogens is 700 g/mol. The highest BCUT2D eigenvalue weighted by atomic mass is 16.7. The van der Waals surface area contributed by atoms with Crippen molar-refractivity contribution in [3.8, 4) is 0 Å². The van der Waals surface area contributed by atoms with Gasteiger partial charge in [-0.3, -0.25) is 9.59 Å². The van der Waals surface area contributed by atoms with Gasteiger partial charge >= 0.3 is 11.9 Å². The Bertz CT molecular complexity index is 954. The average molecular weight is 783 g/mol. The Morgan fingerprint density at radius 1 is 0.545 bits per heavy atom. The van der Waals surface area contributed by atoms with Gasteiger partial charge in [0.05, 0.1) is 13.2 Å². The van der Waals surface area contributed by atoms with E-state index in [1.54, 1.807) is 0 Å². The van der Waals surface area contributed by atoms with Crippen molar-refractivity contribution < 1.29 is 49.0 Å². The molecule has 0 unspecified atom stereocenters. The molecule has 6 atom stereocenters. The second-order valence-electron chi connectivity index (χ2n) is 15.5. The molecule has 10 nitrogen and oxygen atoms in total. The van der Waals surface area contributed by atoms with Crippen molar-refractivity contribution in [1.82, 2.24) is 0 Å². The maximum atomic E-state index is 12.8. The van der Waals surface area contributed by atoms with Crippen molar-refractivity contribution in [3.05, 3.63) is 24.3 Å². The van der Waals surface area contributed by atoms with E-state index < -0.39 is 49.4 Å². The van der Waals surface area contributed by atoms with Crippen LogP contribution in [0.4, 0.5) is 0 Å². The normalized spacial score (nSPS) is 20.7. The van der Waals surface area contributed by atoms with Crippen molar-refractivity contribution in [2.45, 2.75) is 230 Å². The summed E-state index contributed by atoms with van der Waals surface area (Å²) in [5.41, 5.74) is 0. The number of carbonyl (C=O) groups excluding carboxylic acids is 2. The van der Waals surface area contributed by atoms with E-state index in [-0.39, 0.29) is 32.0 Å². The van der Waals surface area contributed by atoms with Gasteiger partial charge in [-0.05, 0) is 64.2 Å². The van der Waals surface area contributed by atoms with Crippen LogP contribution in [0.2, 0.25) is 0 Å². The van der Waals surface area contributed by atoms with Crippen molar-refractivity contribution in [1.29, 1.82) is 0 Å². The Morgan fingerprint density at radius 3 is 1.42 bits per heavy atom. The second kappa shape index (κ2) is 36.5. The molecule has 1 aliphatic heterocycles. The van der Waals surface area contributed by atoms with Crippen LogP contribution in [0, 0.1) is 0 Å². The maximum Gasteiger partial charge on any atom is 0.306 e. The molecule has 10 heteroatoms. The highest BCUT2D eigenvalue weighted by Gasteiger charge is 2.44. The Balaban J connectivity index is 2.34. The molecule has 4 N–H and O–H groups in total. The zero-order chi connectivity index (χ0) is 40.2. The molecule has 0 saturated carbocycles. The van der Waals surface area contributed by atoms with E-state index in [9.17, 15) is 30.0 Å². The van der Waals surface area contributed by atoms with Gasteiger partial charge in [-0.25, -0.2) is 0 Å². The second-order valence-corrected chi connectivity index (χ2v) is 15.5. The van der Waals surface area contributed by atoms with E-state index in [2.05, 4.69) is 38.2 Å². The number of hydrogen-bond acceptors (Lipinski definition) is 10. The number of aliphatic hydroxyl groups excluding tert-OH is 4. The molecule has 1 heterocycles. The third-order valence-electron chi connectivity index (χ3n) is 10.3. The van der Waals surface area contributed by atoms with Crippen molar-refractivity contribution in [2.75, 3.05) is 19.8 Å². The first kappa shape index (κ1) is 51.2. The summed E-state index contributed by atoms with van der Waals surface area (Å²) in [7, 11) is 0. The number of allylic oxidation sites excluding steroid dienone is 4. The van der Waals surface area contributed by atoms with Crippen molar-refractivity contribution >= 4 is 11.9 Å². The molecule has 1 aliphatic rings. The molecule has 0 radical (unpaired) electrons. The summed E-state index contributed by atoms with van der Waals surface area (Å²) in [5.74, 6) is -0.822. The minimum Gasteiger partial charge on any atom is -0.462 e. The number of unbranched alkanes of at least 4 members (excludes halogenated alkanes) is 22. The van der Waals surface area contributed by atoms with Crippen LogP contribution in [0.5, 0.6) is 0 Å². The zero-order valence-corrected chi connectivity index (χ0v) is 34.9. The van der Waals surface area contributed by atoms with Crippen molar-refractivity contribution in [2.24, 2.45) is 0 Å². The van der Waals surface area contributed by atoms with Gasteiger partial charge < -0.3 is 39.4 Å². The van der Waals surface area contributed by atoms with Crippen LogP contribution in [-0.2, 0) is 28.5 Å². The predicted octanol–water partition coefficient (Wildman–Crippen LogP) is 9.33.